The summed E-state index contributed by atoms with van der Waals surface area (Å²) in [5.41, 5.74) is 0.766. The van der Waals surface area contributed by atoms with Crippen molar-refractivity contribution in [2.45, 2.75) is 39.7 Å². The van der Waals surface area contributed by atoms with Crippen LogP contribution in [0, 0.1) is 24.6 Å². The van der Waals surface area contributed by atoms with Crippen LogP contribution in [0.15, 0.2) is 47.5 Å². The number of carbonyl (C=O) groups excluding carboxylic acids is 3. The lowest BCUT2D eigenvalue weighted by atomic mass is 9.89. The van der Waals surface area contributed by atoms with E-state index in [0.29, 0.717) is 11.3 Å². The molecule has 166 valence electrons. The molecule has 0 saturated heterocycles. The lowest BCUT2D eigenvalue weighted by molar-refractivity contribution is -0.149. The van der Waals surface area contributed by atoms with E-state index in [1.807, 2.05) is 0 Å². The zero-order valence-electron chi connectivity index (χ0n) is 17.9. The number of amides is 1. The Morgan fingerprint density at radius 1 is 1.26 bits per heavy atom. The van der Waals surface area contributed by atoms with Crippen LogP contribution < -0.4 is 5.32 Å². The second-order valence-corrected chi connectivity index (χ2v) is 7.63. The maximum atomic E-state index is 13.2. The second-order valence-electron chi connectivity index (χ2n) is 7.63. The number of benzene rings is 1. The van der Waals surface area contributed by atoms with Gasteiger partial charge >= 0.3 is 5.97 Å². The van der Waals surface area contributed by atoms with Crippen LogP contribution in [-0.4, -0.2) is 35.5 Å². The zero-order chi connectivity index (χ0) is 23.0. The number of nitrogens with one attached hydrogen (secondary N) is 1. The van der Waals surface area contributed by atoms with Crippen molar-refractivity contribution in [2.75, 3.05) is 6.61 Å². The summed E-state index contributed by atoms with van der Waals surface area (Å²) in [5, 5.41) is 6.34. The van der Waals surface area contributed by atoms with Gasteiger partial charge in [0.15, 0.2) is 11.5 Å². The van der Waals surface area contributed by atoms with Gasteiger partial charge in [0.2, 0.25) is 0 Å². The Kier molecular flexibility index (Phi) is 8.66. The van der Waals surface area contributed by atoms with Crippen LogP contribution in [-0.2, 0) is 20.7 Å². The molecule has 1 N–H and O–H groups in total. The summed E-state index contributed by atoms with van der Waals surface area (Å²) in [6.45, 7) is 8.77. The molecule has 0 fully saturated rings. The molecule has 31 heavy (non-hydrogen) atoms. The number of aromatic nitrogens is 1. The molecule has 0 aliphatic heterocycles. The molecule has 7 nitrogen and oxygen atoms in total. The molecule has 0 bridgehead atoms. The minimum atomic E-state index is -0.826. The Hall–Kier alpha value is -3.29. The Morgan fingerprint density at radius 2 is 1.94 bits per heavy atom. The summed E-state index contributed by atoms with van der Waals surface area (Å²) in [6, 6.07) is 6.35. The predicted octanol–water partition coefficient (Wildman–Crippen LogP) is 3.42. The van der Waals surface area contributed by atoms with E-state index in [9.17, 15) is 18.8 Å². The molecule has 2 rings (SSSR count). The smallest absolute Gasteiger partial charge is 0.310 e. The van der Waals surface area contributed by atoms with Crippen LogP contribution in [0.1, 0.15) is 42.1 Å². The summed E-state index contributed by atoms with van der Waals surface area (Å²) >= 11 is 0. The fourth-order valence-corrected chi connectivity index (χ4v) is 3.08. The van der Waals surface area contributed by atoms with Crippen LogP contribution in [0.3, 0.4) is 0 Å². The van der Waals surface area contributed by atoms with Gasteiger partial charge in [-0.15, -0.1) is 0 Å². The number of hydrogen-bond donors (Lipinski definition) is 1. The van der Waals surface area contributed by atoms with E-state index in [4.69, 9.17) is 9.26 Å². The summed E-state index contributed by atoms with van der Waals surface area (Å²) in [4.78, 5) is 38.0. The fraction of sp³-hybridized carbons (Fsp3) is 0.391. The minimum Gasteiger partial charge on any atom is -0.461 e. The molecular weight excluding hydrogens is 403 g/mol. The maximum Gasteiger partial charge on any atom is 0.310 e. The van der Waals surface area contributed by atoms with Crippen molar-refractivity contribution in [3.05, 3.63) is 65.8 Å². The first kappa shape index (κ1) is 24.0. The first-order chi connectivity index (χ1) is 14.7. The van der Waals surface area contributed by atoms with Gasteiger partial charge in [0, 0.05) is 12.5 Å². The monoisotopic (exact) mass is 430 g/mol. The van der Waals surface area contributed by atoms with Crippen LogP contribution in [0.25, 0.3) is 0 Å². The van der Waals surface area contributed by atoms with E-state index in [1.165, 1.54) is 24.3 Å². The summed E-state index contributed by atoms with van der Waals surface area (Å²) in [6.07, 6.45) is 1.49. The van der Waals surface area contributed by atoms with E-state index >= 15 is 0 Å². The van der Waals surface area contributed by atoms with Crippen LogP contribution in [0.4, 0.5) is 4.39 Å². The van der Waals surface area contributed by atoms with Gasteiger partial charge < -0.3 is 14.6 Å². The highest BCUT2D eigenvalue weighted by atomic mass is 19.1. The highest BCUT2D eigenvalue weighted by molar-refractivity contribution is 5.97. The number of rotatable bonds is 11. The van der Waals surface area contributed by atoms with Gasteiger partial charge in [0.25, 0.3) is 5.91 Å². The van der Waals surface area contributed by atoms with Crippen molar-refractivity contribution in [2.24, 2.45) is 11.8 Å². The number of aryl methyl sites for hydroxylation is 1. The quantitative estimate of drug-likeness (QED) is 0.433. The van der Waals surface area contributed by atoms with Crippen molar-refractivity contribution >= 4 is 17.7 Å². The molecule has 1 aromatic heterocycles. The Balaban J connectivity index is 2.15. The van der Waals surface area contributed by atoms with Crippen molar-refractivity contribution < 1.29 is 28.0 Å². The number of nitrogens with zero attached hydrogens (tertiary/aromatic N) is 1. The Bertz CT molecular complexity index is 920. The van der Waals surface area contributed by atoms with Gasteiger partial charge in [-0.3, -0.25) is 14.4 Å². The van der Waals surface area contributed by atoms with E-state index in [2.05, 4.69) is 17.1 Å². The Labute approximate surface area is 180 Å². The fourth-order valence-electron chi connectivity index (χ4n) is 3.08. The highest BCUT2D eigenvalue weighted by Gasteiger charge is 2.31. The van der Waals surface area contributed by atoms with E-state index in [-0.39, 0.29) is 36.8 Å². The molecule has 2 atom stereocenters. The van der Waals surface area contributed by atoms with Gasteiger partial charge in [0.1, 0.15) is 18.2 Å². The molecule has 0 unspecified atom stereocenters. The SMILES string of the molecule is C=CCOC(=O)[C@@H](CC(=O)[C@H](NC(=O)c1cc(C)on1)C(C)C)Cc1ccc(F)cc1. The van der Waals surface area contributed by atoms with Crippen molar-refractivity contribution in [3.63, 3.8) is 0 Å². The van der Waals surface area contributed by atoms with Crippen molar-refractivity contribution in [3.8, 4) is 0 Å². The lowest BCUT2D eigenvalue weighted by Crippen LogP contribution is -2.45. The maximum absolute atomic E-state index is 13.2. The number of Topliss-reactive ketones (excluding diaryl/α,β-unsaturated/α-hetero) is 1. The molecular formula is C23H27FN2O5. The third-order valence-corrected chi connectivity index (χ3v) is 4.68. The number of ether oxygens (including phenoxy) is 1. The van der Waals surface area contributed by atoms with Crippen LogP contribution >= 0.6 is 0 Å². The van der Waals surface area contributed by atoms with Gasteiger partial charge in [-0.1, -0.05) is 43.8 Å². The van der Waals surface area contributed by atoms with Crippen molar-refractivity contribution in [1.82, 2.24) is 10.5 Å². The molecule has 1 aromatic carbocycles. The number of halogens is 1. The average molecular weight is 430 g/mol. The summed E-state index contributed by atoms with van der Waals surface area (Å²) in [7, 11) is 0. The Morgan fingerprint density at radius 3 is 2.48 bits per heavy atom. The molecule has 1 heterocycles. The number of ketones is 1. The number of carbonyl (C=O) groups is 3. The molecule has 0 aliphatic carbocycles. The third kappa shape index (κ3) is 7.16. The lowest BCUT2D eigenvalue weighted by Gasteiger charge is -2.23. The average Bonchev–Trinajstić information content (AvgIpc) is 3.17. The van der Waals surface area contributed by atoms with E-state index in [0.717, 1.165) is 0 Å². The first-order valence-electron chi connectivity index (χ1n) is 10.00. The molecule has 1 amide bonds. The second kappa shape index (κ2) is 11.2. The molecule has 8 heteroatoms. The van der Waals surface area contributed by atoms with Crippen LogP contribution in [0.5, 0.6) is 0 Å². The minimum absolute atomic E-state index is 0.0167. The topological polar surface area (TPSA) is 98.5 Å². The predicted molar refractivity (Wildman–Crippen MR) is 112 cm³/mol. The van der Waals surface area contributed by atoms with E-state index in [1.54, 1.807) is 32.9 Å². The zero-order valence-corrected chi connectivity index (χ0v) is 17.9. The standard InChI is InChI=1S/C23H27FN2O5/c1-5-10-30-23(29)17(12-16-6-8-18(24)9-7-16)13-20(27)21(14(2)3)25-22(28)19-11-15(4)31-26-19/h5-9,11,14,17,21H,1,10,12-13H2,2-4H3,(H,25,28)/t17-,21-/m1/s1. The van der Waals surface area contributed by atoms with E-state index < -0.39 is 29.7 Å². The molecule has 0 spiro atoms. The molecule has 2 aromatic rings. The van der Waals surface area contributed by atoms with Gasteiger partial charge in [0.05, 0.1) is 12.0 Å². The summed E-state index contributed by atoms with van der Waals surface area (Å²) < 4.78 is 23.3. The number of hydrogen-bond acceptors (Lipinski definition) is 6. The largest absolute Gasteiger partial charge is 0.461 e. The van der Waals surface area contributed by atoms with Gasteiger partial charge in [-0.05, 0) is 37.0 Å². The van der Waals surface area contributed by atoms with Gasteiger partial charge in [-0.25, -0.2) is 4.39 Å². The summed E-state index contributed by atoms with van der Waals surface area (Å²) in [5.74, 6) is -2.33. The molecule has 0 aliphatic rings. The number of esters is 1. The van der Waals surface area contributed by atoms with Gasteiger partial charge in [-0.2, -0.15) is 0 Å². The van der Waals surface area contributed by atoms with Crippen LogP contribution in [0.2, 0.25) is 0 Å². The third-order valence-electron chi connectivity index (χ3n) is 4.68. The first-order valence-corrected chi connectivity index (χ1v) is 10.00. The molecule has 0 saturated carbocycles. The van der Waals surface area contributed by atoms with Crippen molar-refractivity contribution in [1.29, 1.82) is 0 Å². The normalized spacial score (nSPS) is 12.8. The molecule has 0 radical (unpaired) electrons. The highest BCUT2D eigenvalue weighted by Crippen LogP contribution is 2.19.